The van der Waals surface area contributed by atoms with Crippen LogP contribution in [-0.4, -0.2) is 43.3 Å². The van der Waals surface area contributed by atoms with Crippen LogP contribution in [0.25, 0.3) is 0 Å². The highest BCUT2D eigenvalue weighted by atomic mass is 16.5. The molecule has 1 aromatic carbocycles. The lowest BCUT2D eigenvalue weighted by molar-refractivity contribution is -0.138. The van der Waals surface area contributed by atoms with E-state index in [4.69, 9.17) is 14.6 Å². The second-order valence-electron chi connectivity index (χ2n) is 3.90. The molecule has 0 heterocycles. The molecular formula is C13H17NO5. The molecule has 0 aromatic heterocycles. The minimum Gasteiger partial charge on any atom is -0.491 e. The zero-order valence-electron chi connectivity index (χ0n) is 10.9. The quantitative estimate of drug-likeness (QED) is 0.717. The van der Waals surface area contributed by atoms with Gasteiger partial charge in [0.15, 0.2) is 0 Å². The van der Waals surface area contributed by atoms with Crippen LogP contribution in [-0.2, 0) is 9.53 Å². The highest BCUT2D eigenvalue weighted by molar-refractivity contribution is 5.96. The predicted octanol–water partition coefficient (Wildman–Crippen LogP) is 0.915. The number of carboxylic acids is 1. The molecule has 2 N–H and O–H groups in total. The van der Waals surface area contributed by atoms with Gasteiger partial charge in [0.25, 0.3) is 5.91 Å². The maximum absolute atomic E-state index is 11.7. The number of hydrogen-bond acceptors (Lipinski definition) is 4. The molecule has 0 aliphatic carbocycles. The Morgan fingerprint density at radius 3 is 2.42 bits per heavy atom. The smallest absolute Gasteiger partial charge is 0.325 e. The Kier molecular flexibility index (Phi) is 5.81. The highest BCUT2D eigenvalue weighted by Gasteiger charge is 2.14. The van der Waals surface area contributed by atoms with Crippen LogP contribution < -0.4 is 10.1 Å². The van der Waals surface area contributed by atoms with E-state index in [-0.39, 0.29) is 0 Å². The average Bonchev–Trinajstić information content (AvgIpc) is 2.39. The van der Waals surface area contributed by atoms with Crippen LogP contribution in [0, 0.1) is 0 Å². The van der Waals surface area contributed by atoms with Crippen LogP contribution in [0.1, 0.15) is 17.3 Å². The van der Waals surface area contributed by atoms with Crippen molar-refractivity contribution in [3.63, 3.8) is 0 Å². The molecule has 0 unspecified atom stereocenters. The van der Waals surface area contributed by atoms with Crippen molar-refractivity contribution in [2.24, 2.45) is 0 Å². The van der Waals surface area contributed by atoms with E-state index < -0.39 is 17.9 Å². The summed E-state index contributed by atoms with van der Waals surface area (Å²) in [4.78, 5) is 22.3. The van der Waals surface area contributed by atoms with Crippen molar-refractivity contribution in [1.82, 2.24) is 5.32 Å². The van der Waals surface area contributed by atoms with E-state index in [1.165, 1.54) is 6.92 Å². The third-order valence-corrected chi connectivity index (χ3v) is 2.39. The van der Waals surface area contributed by atoms with Crippen LogP contribution in [0.5, 0.6) is 5.75 Å². The van der Waals surface area contributed by atoms with E-state index in [9.17, 15) is 9.59 Å². The Morgan fingerprint density at radius 2 is 1.89 bits per heavy atom. The fourth-order valence-corrected chi connectivity index (χ4v) is 1.29. The lowest BCUT2D eigenvalue weighted by atomic mass is 10.2. The van der Waals surface area contributed by atoms with Gasteiger partial charge in [-0.3, -0.25) is 9.59 Å². The van der Waals surface area contributed by atoms with Gasteiger partial charge < -0.3 is 19.9 Å². The van der Waals surface area contributed by atoms with Crippen LogP contribution in [0.3, 0.4) is 0 Å². The van der Waals surface area contributed by atoms with Crippen molar-refractivity contribution in [3.8, 4) is 5.75 Å². The van der Waals surface area contributed by atoms with Crippen molar-refractivity contribution in [3.05, 3.63) is 29.8 Å². The van der Waals surface area contributed by atoms with E-state index in [2.05, 4.69) is 5.32 Å². The predicted molar refractivity (Wildman–Crippen MR) is 68.4 cm³/mol. The van der Waals surface area contributed by atoms with Crippen LogP contribution >= 0.6 is 0 Å². The van der Waals surface area contributed by atoms with Gasteiger partial charge in [0.05, 0.1) is 6.61 Å². The molecule has 1 aromatic rings. The molecule has 19 heavy (non-hydrogen) atoms. The molecule has 1 atom stereocenters. The van der Waals surface area contributed by atoms with Crippen LogP contribution in [0.4, 0.5) is 0 Å². The van der Waals surface area contributed by atoms with Gasteiger partial charge in [-0.25, -0.2) is 0 Å². The number of amides is 1. The molecule has 104 valence electrons. The molecule has 0 spiro atoms. The van der Waals surface area contributed by atoms with Gasteiger partial charge in [0.2, 0.25) is 0 Å². The second-order valence-corrected chi connectivity index (χ2v) is 3.90. The minimum atomic E-state index is -1.08. The second kappa shape index (κ2) is 7.38. The number of hydrogen-bond donors (Lipinski definition) is 2. The van der Waals surface area contributed by atoms with Crippen molar-refractivity contribution in [2.75, 3.05) is 20.3 Å². The Morgan fingerprint density at radius 1 is 1.26 bits per heavy atom. The van der Waals surface area contributed by atoms with Gasteiger partial charge in [0.1, 0.15) is 18.4 Å². The zero-order valence-corrected chi connectivity index (χ0v) is 10.9. The Bertz CT molecular complexity index is 429. The fourth-order valence-electron chi connectivity index (χ4n) is 1.29. The molecular weight excluding hydrogens is 250 g/mol. The summed E-state index contributed by atoms with van der Waals surface area (Å²) in [7, 11) is 1.58. The van der Waals surface area contributed by atoms with Gasteiger partial charge in [-0.05, 0) is 31.2 Å². The van der Waals surface area contributed by atoms with Crippen molar-refractivity contribution < 1.29 is 24.2 Å². The van der Waals surface area contributed by atoms with Gasteiger partial charge >= 0.3 is 5.97 Å². The topological polar surface area (TPSA) is 84.9 Å². The first kappa shape index (κ1) is 15.0. The molecule has 0 aliphatic heterocycles. The molecule has 0 saturated heterocycles. The van der Waals surface area contributed by atoms with Crippen molar-refractivity contribution in [2.45, 2.75) is 13.0 Å². The van der Waals surface area contributed by atoms with Crippen molar-refractivity contribution >= 4 is 11.9 Å². The number of carboxylic acid groups (broad SMARTS) is 1. The summed E-state index contributed by atoms with van der Waals surface area (Å²) in [5, 5.41) is 11.1. The lowest BCUT2D eigenvalue weighted by Crippen LogP contribution is -2.38. The number of carbonyl (C=O) groups is 2. The van der Waals surface area contributed by atoms with E-state index in [1.807, 2.05) is 0 Å². The first-order valence-electron chi connectivity index (χ1n) is 5.80. The van der Waals surface area contributed by atoms with E-state index >= 15 is 0 Å². The summed E-state index contributed by atoms with van der Waals surface area (Å²) < 4.78 is 10.2. The molecule has 6 nitrogen and oxygen atoms in total. The molecule has 0 fully saturated rings. The number of carbonyl (C=O) groups excluding carboxylic acids is 1. The highest BCUT2D eigenvalue weighted by Crippen LogP contribution is 2.12. The summed E-state index contributed by atoms with van der Waals surface area (Å²) in [6, 6.07) is 5.52. The number of aliphatic carboxylic acids is 1. The summed E-state index contributed by atoms with van der Waals surface area (Å²) in [6.07, 6.45) is 0. The van der Waals surface area contributed by atoms with Crippen LogP contribution in [0.2, 0.25) is 0 Å². The Hall–Kier alpha value is -2.08. The molecule has 0 aliphatic rings. The normalized spacial score (nSPS) is 11.7. The maximum Gasteiger partial charge on any atom is 0.325 e. The largest absolute Gasteiger partial charge is 0.491 e. The molecule has 0 saturated carbocycles. The third-order valence-electron chi connectivity index (χ3n) is 2.39. The average molecular weight is 267 g/mol. The Labute approximate surface area is 111 Å². The molecule has 0 radical (unpaired) electrons. The first-order valence-corrected chi connectivity index (χ1v) is 5.80. The molecule has 0 bridgehead atoms. The van der Waals surface area contributed by atoms with Gasteiger partial charge in [-0.1, -0.05) is 0 Å². The number of ether oxygens (including phenoxy) is 2. The minimum absolute atomic E-state index is 0.382. The monoisotopic (exact) mass is 267 g/mol. The van der Waals surface area contributed by atoms with Crippen LogP contribution in [0.15, 0.2) is 24.3 Å². The number of rotatable bonds is 7. The fraction of sp³-hybridized carbons (Fsp3) is 0.385. The number of benzene rings is 1. The first-order chi connectivity index (χ1) is 9.04. The summed E-state index contributed by atoms with van der Waals surface area (Å²) >= 11 is 0. The number of methoxy groups -OCH3 is 1. The van der Waals surface area contributed by atoms with E-state index in [0.717, 1.165) is 0 Å². The Balaban J connectivity index is 2.55. The third kappa shape index (κ3) is 4.97. The molecule has 1 rings (SSSR count). The number of nitrogens with one attached hydrogen (secondary N) is 1. The lowest BCUT2D eigenvalue weighted by Gasteiger charge is -2.10. The summed E-state index contributed by atoms with van der Waals surface area (Å²) in [5.74, 6) is -0.883. The SMILES string of the molecule is COCCOc1ccc(C(=O)N[C@@H](C)C(=O)O)cc1. The molecule has 1 amide bonds. The van der Waals surface area contributed by atoms with E-state index in [0.29, 0.717) is 24.5 Å². The zero-order chi connectivity index (χ0) is 14.3. The standard InChI is InChI=1S/C13H17NO5/c1-9(13(16)17)14-12(15)10-3-5-11(6-4-10)19-8-7-18-2/h3-6,9H,7-8H2,1-2H3,(H,14,15)(H,16,17)/t9-/m0/s1. The van der Waals surface area contributed by atoms with Crippen molar-refractivity contribution in [1.29, 1.82) is 0 Å². The van der Waals surface area contributed by atoms with E-state index in [1.54, 1.807) is 31.4 Å². The molecule has 6 heteroatoms. The van der Waals surface area contributed by atoms with Gasteiger partial charge in [0, 0.05) is 12.7 Å². The van der Waals surface area contributed by atoms with Gasteiger partial charge in [-0.2, -0.15) is 0 Å². The maximum atomic E-state index is 11.7. The van der Waals surface area contributed by atoms with Gasteiger partial charge in [-0.15, -0.1) is 0 Å². The summed E-state index contributed by atoms with van der Waals surface area (Å²) in [5.41, 5.74) is 0.382. The summed E-state index contributed by atoms with van der Waals surface area (Å²) in [6.45, 7) is 2.32.